The molecular formula is C18H24N2O4S3. The SMILES string of the molecule is Cc1ccc(S(=O)(=O)NCCC2CCCCN2S(=O)(=O)c2cccs2)cc1. The van der Waals surface area contributed by atoms with Crippen LogP contribution in [0.1, 0.15) is 31.2 Å². The second kappa shape index (κ2) is 8.40. The molecule has 1 N–H and O–H groups in total. The first kappa shape index (κ1) is 20.5. The van der Waals surface area contributed by atoms with E-state index >= 15 is 0 Å². The summed E-state index contributed by atoms with van der Waals surface area (Å²) in [6.07, 6.45) is 2.98. The third-order valence-corrected chi connectivity index (χ3v) is 9.53. The average Bonchev–Trinajstić information content (AvgIpc) is 3.18. The quantitative estimate of drug-likeness (QED) is 0.735. The molecule has 0 radical (unpaired) electrons. The summed E-state index contributed by atoms with van der Waals surface area (Å²) < 4.78 is 55.0. The van der Waals surface area contributed by atoms with Crippen LogP contribution in [0.3, 0.4) is 0 Å². The number of nitrogens with one attached hydrogen (secondary N) is 1. The maximum atomic E-state index is 12.9. The van der Waals surface area contributed by atoms with E-state index in [4.69, 9.17) is 0 Å². The minimum atomic E-state index is -3.59. The van der Waals surface area contributed by atoms with Crippen molar-refractivity contribution in [1.82, 2.24) is 9.03 Å². The highest BCUT2D eigenvalue weighted by Crippen LogP contribution is 2.29. The van der Waals surface area contributed by atoms with Gasteiger partial charge in [-0.25, -0.2) is 21.6 Å². The average molecular weight is 429 g/mol. The Morgan fingerprint density at radius 1 is 1.11 bits per heavy atom. The zero-order valence-electron chi connectivity index (χ0n) is 15.2. The Morgan fingerprint density at radius 2 is 1.85 bits per heavy atom. The van der Waals surface area contributed by atoms with E-state index in [2.05, 4.69) is 4.72 Å². The molecular weight excluding hydrogens is 404 g/mol. The number of nitrogens with zero attached hydrogens (tertiary/aromatic N) is 1. The van der Waals surface area contributed by atoms with Gasteiger partial charge in [0.05, 0.1) is 4.90 Å². The van der Waals surface area contributed by atoms with Crippen LogP contribution in [0.2, 0.25) is 0 Å². The van der Waals surface area contributed by atoms with Crippen LogP contribution in [-0.4, -0.2) is 40.3 Å². The summed E-state index contributed by atoms with van der Waals surface area (Å²) in [5.74, 6) is 0. The number of benzene rings is 1. The van der Waals surface area contributed by atoms with E-state index < -0.39 is 20.0 Å². The molecule has 0 aliphatic carbocycles. The van der Waals surface area contributed by atoms with Crippen molar-refractivity contribution in [2.24, 2.45) is 0 Å². The fourth-order valence-corrected chi connectivity index (χ4v) is 7.16. The summed E-state index contributed by atoms with van der Waals surface area (Å²) in [6, 6.07) is 9.82. The molecule has 0 spiro atoms. The molecule has 1 fully saturated rings. The first-order valence-electron chi connectivity index (χ1n) is 8.92. The van der Waals surface area contributed by atoms with Gasteiger partial charge in [-0.1, -0.05) is 30.2 Å². The molecule has 9 heteroatoms. The van der Waals surface area contributed by atoms with E-state index in [1.54, 1.807) is 46.1 Å². The predicted octanol–water partition coefficient (Wildman–Crippen LogP) is 2.97. The van der Waals surface area contributed by atoms with Crippen LogP contribution in [0.15, 0.2) is 50.9 Å². The molecule has 1 unspecified atom stereocenters. The number of piperidine rings is 1. The zero-order chi connectivity index (χ0) is 19.5. The minimum Gasteiger partial charge on any atom is -0.211 e. The molecule has 1 aromatic heterocycles. The maximum Gasteiger partial charge on any atom is 0.252 e. The van der Waals surface area contributed by atoms with Crippen molar-refractivity contribution >= 4 is 31.4 Å². The summed E-state index contributed by atoms with van der Waals surface area (Å²) in [5, 5.41) is 1.75. The third kappa shape index (κ3) is 4.78. The lowest BCUT2D eigenvalue weighted by Gasteiger charge is -2.34. The Kier molecular flexibility index (Phi) is 6.37. The predicted molar refractivity (Wildman–Crippen MR) is 107 cm³/mol. The molecule has 2 aromatic rings. The van der Waals surface area contributed by atoms with E-state index in [0.717, 1.165) is 24.8 Å². The molecule has 1 aliphatic rings. The summed E-state index contributed by atoms with van der Waals surface area (Å²) in [6.45, 7) is 2.59. The molecule has 6 nitrogen and oxygen atoms in total. The Balaban J connectivity index is 1.66. The number of rotatable bonds is 7. The van der Waals surface area contributed by atoms with E-state index in [0.29, 0.717) is 17.2 Å². The lowest BCUT2D eigenvalue weighted by Crippen LogP contribution is -2.44. The highest BCUT2D eigenvalue weighted by atomic mass is 32.2. The normalized spacial score (nSPS) is 19.2. The molecule has 1 aromatic carbocycles. The lowest BCUT2D eigenvalue weighted by molar-refractivity contribution is 0.242. The molecule has 2 heterocycles. The van der Waals surface area contributed by atoms with Crippen molar-refractivity contribution in [3.63, 3.8) is 0 Å². The summed E-state index contributed by atoms with van der Waals surface area (Å²) in [5.41, 5.74) is 0.991. The van der Waals surface area contributed by atoms with Gasteiger partial charge in [-0.05, 0) is 49.8 Å². The standard InChI is InChI=1S/C18H24N2O4S3/c1-15-7-9-17(10-8-15)26(21,22)19-12-11-16-5-2-3-13-20(16)27(23,24)18-6-4-14-25-18/h4,6-10,14,16,19H,2-3,5,11-13H2,1H3. The smallest absolute Gasteiger partial charge is 0.211 e. The number of hydrogen-bond donors (Lipinski definition) is 1. The Hall–Kier alpha value is -1.26. The molecule has 1 atom stereocenters. The molecule has 1 aliphatic heterocycles. The van der Waals surface area contributed by atoms with Gasteiger partial charge in [0.25, 0.3) is 10.0 Å². The summed E-state index contributed by atoms with van der Waals surface area (Å²) in [4.78, 5) is 0.222. The third-order valence-electron chi connectivity index (χ3n) is 4.73. The van der Waals surface area contributed by atoms with Crippen LogP contribution in [0.4, 0.5) is 0 Å². The van der Waals surface area contributed by atoms with Crippen molar-refractivity contribution in [1.29, 1.82) is 0 Å². The zero-order valence-corrected chi connectivity index (χ0v) is 17.6. The summed E-state index contributed by atoms with van der Waals surface area (Å²) >= 11 is 1.21. The first-order chi connectivity index (χ1) is 12.8. The number of thiophene rings is 1. The van der Waals surface area contributed by atoms with Gasteiger partial charge in [0.15, 0.2) is 0 Å². The Labute approximate surface area is 165 Å². The van der Waals surface area contributed by atoms with Gasteiger partial charge < -0.3 is 0 Å². The van der Waals surface area contributed by atoms with Crippen LogP contribution in [0.5, 0.6) is 0 Å². The monoisotopic (exact) mass is 428 g/mol. The van der Waals surface area contributed by atoms with Gasteiger partial charge in [-0.3, -0.25) is 0 Å². The Morgan fingerprint density at radius 3 is 2.52 bits per heavy atom. The van der Waals surface area contributed by atoms with E-state index in [9.17, 15) is 16.8 Å². The highest BCUT2D eigenvalue weighted by molar-refractivity contribution is 7.91. The molecule has 1 saturated heterocycles. The van der Waals surface area contributed by atoms with Gasteiger partial charge in [-0.15, -0.1) is 11.3 Å². The fourth-order valence-electron chi connectivity index (χ4n) is 3.27. The highest BCUT2D eigenvalue weighted by Gasteiger charge is 2.33. The second-order valence-electron chi connectivity index (χ2n) is 6.70. The van der Waals surface area contributed by atoms with Gasteiger partial charge in [0.1, 0.15) is 4.21 Å². The lowest BCUT2D eigenvalue weighted by atomic mass is 10.0. The van der Waals surface area contributed by atoms with E-state index in [-0.39, 0.29) is 17.5 Å². The Bertz CT molecular complexity index is 953. The maximum absolute atomic E-state index is 12.9. The largest absolute Gasteiger partial charge is 0.252 e. The second-order valence-corrected chi connectivity index (χ2v) is 11.5. The first-order valence-corrected chi connectivity index (χ1v) is 12.7. The number of hydrogen-bond acceptors (Lipinski definition) is 5. The van der Waals surface area contributed by atoms with Gasteiger partial charge >= 0.3 is 0 Å². The van der Waals surface area contributed by atoms with Gasteiger partial charge in [-0.2, -0.15) is 4.31 Å². The summed E-state index contributed by atoms with van der Waals surface area (Å²) in [7, 11) is -7.11. The topological polar surface area (TPSA) is 83.6 Å². The van der Waals surface area contributed by atoms with Crippen molar-refractivity contribution < 1.29 is 16.8 Å². The van der Waals surface area contributed by atoms with Gasteiger partial charge in [0.2, 0.25) is 10.0 Å². The van der Waals surface area contributed by atoms with Crippen molar-refractivity contribution in [2.45, 2.75) is 47.8 Å². The van der Waals surface area contributed by atoms with Crippen LogP contribution in [0, 0.1) is 6.92 Å². The van der Waals surface area contributed by atoms with Crippen molar-refractivity contribution in [3.05, 3.63) is 47.3 Å². The van der Waals surface area contributed by atoms with Crippen LogP contribution >= 0.6 is 11.3 Å². The van der Waals surface area contributed by atoms with Crippen LogP contribution < -0.4 is 4.72 Å². The number of aryl methyl sites for hydroxylation is 1. The minimum absolute atomic E-state index is 0.188. The molecule has 0 bridgehead atoms. The molecule has 27 heavy (non-hydrogen) atoms. The van der Waals surface area contributed by atoms with Crippen LogP contribution in [-0.2, 0) is 20.0 Å². The number of sulfonamides is 2. The molecule has 3 rings (SSSR count). The van der Waals surface area contributed by atoms with E-state index in [1.807, 2.05) is 6.92 Å². The van der Waals surface area contributed by atoms with E-state index in [1.165, 1.54) is 11.3 Å². The molecule has 148 valence electrons. The van der Waals surface area contributed by atoms with Crippen molar-refractivity contribution in [3.8, 4) is 0 Å². The molecule has 0 saturated carbocycles. The fraction of sp³-hybridized carbons (Fsp3) is 0.444. The van der Waals surface area contributed by atoms with Crippen LogP contribution in [0.25, 0.3) is 0 Å². The van der Waals surface area contributed by atoms with Gasteiger partial charge in [0, 0.05) is 19.1 Å². The molecule has 0 amide bonds. The van der Waals surface area contributed by atoms with Crippen molar-refractivity contribution in [2.75, 3.05) is 13.1 Å².